The minimum absolute atomic E-state index is 0.0164. The summed E-state index contributed by atoms with van der Waals surface area (Å²) in [7, 11) is 0. The van der Waals surface area contributed by atoms with Gasteiger partial charge in [0.15, 0.2) is 5.11 Å². The van der Waals surface area contributed by atoms with E-state index in [0.717, 1.165) is 17.4 Å². The molecule has 156 valence electrons. The molecule has 2 N–H and O–H groups in total. The molecule has 1 aliphatic heterocycles. The number of thiocarbonyl (C=S) groups is 1. The Labute approximate surface area is 179 Å². The van der Waals surface area contributed by atoms with Crippen LogP contribution in [-0.2, 0) is 0 Å². The number of hydrogen-bond acceptors (Lipinski definition) is 3. The summed E-state index contributed by atoms with van der Waals surface area (Å²) >= 11 is 5.71. The number of nitrogens with one attached hydrogen (secondary N) is 1. The molecule has 0 radical (unpaired) electrons. The number of aliphatic hydroxyl groups is 1. The summed E-state index contributed by atoms with van der Waals surface area (Å²) in [6, 6.07) is 9.12. The molecule has 4 rings (SSSR count). The fourth-order valence-electron chi connectivity index (χ4n) is 5.23. The lowest BCUT2D eigenvalue weighted by atomic mass is 9.94. The first-order valence-electron chi connectivity index (χ1n) is 10.9. The van der Waals surface area contributed by atoms with Crippen molar-refractivity contribution in [2.24, 2.45) is 0 Å². The van der Waals surface area contributed by atoms with E-state index in [-0.39, 0.29) is 18.7 Å². The normalized spacial score (nSPS) is 22.9. The maximum atomic E-state index is 9.42. The predicted octanol–water partition coefficient (Wildman–Crippen LogP) is 4.36. The van der Waals surface area contributed by atoms with Gasteiger partial charge in [0.2, 0.25) is 0 Å². The second kappa shape index (κ2) is 8.84. The van der Waals surface area contributed by atoms with E-state index in [1.54, 1.807) is 0 Å². The average molecular weight is 413 g/mol. The molecule has 3 heterocycles. The maximum absolute atomic E-state index is 9.42. The fourth-order valence-corrected chi connectivity index (χ4v) is 5.56. The van der Waals surface area contributed by atoms with Gasteiger partial charge < -0.3 is 19.9 Å². The largest absolute Gasteiger partial charge is 0.396 e. The summed E-state index contributed by atoms with van der Waals surface area (Å²) in [5.41, 5.74) is 5.02. The molecule has 2 aromatic heterocycles. The molecule has 2 atom stereocenters. The lowest BCUT2D eigenvalue weighted by Gasteiger charge is -2.29. The Morgan fingerprint density at radius 1 is 1.21 bits per heavy atom. The monoisotopic (exact) mass is 412 g/mol. The summed E-state index contributed by atoms with van der Waals surface area (Å²) in [6.07, 6.45) is 9.11. The van der Waals surface area contributed by atoms with Crippen LogP contribution in [0.3, 0.4) is 0 Å². The summed E-state index contributed by atoms with van der Waals surface area (Å²) in [6.45, 7) is 5.41. The molecule has 6 heteroatoms. The van der Waals surface area contributed by atoms with Gasteiger partial charge in [0, 0.05) is 36.8 Å². The molecule has 2 unspecified atom stereocenters. The molecule has 0 spiro atoms. The Morgan fingerprint density at radius 3 is 2.69 bits per heavy atom. The zero-order chi connectivity index (χ0) is 20.4. The van der Waals surface area contributed by atoms with Crippen molar-refractivity contribution in [1.82, 2.24) is 19.8 Å². The summed E-state index contributed by atoms with van der Waals surface area (Å²) in [5.74, 6) is 0. The lowest BCUT2D eigenvalue weighted by Crippen LogP contribution is -2.31. The molecule has 5 nitrogen and oxygen atoms in total. The van der Waals surface area contributed by atoms with Crippen molar-refractivity contribution in [2.75, 3.05) is 13.2 Å². The molecule has 0 aromatic carbocycles. The van der Waals surface area contributed by atoms with Crippen molar-refractivity contribution < 1.29 is 5.11 Å². The van der Waals surface area contributed by atoms with Crippen molar-refractivity contribution in [1.29, 1.82) is 0 Å². The van der Waals surface area contributed by atoms with E-state index in [9.17, 15) is 5.11 Å². The molecule has 2 aromatic rings. The second-order valence-corrected chi connectivity index (χ2v) is 8.77. The van der Waals surface area contributed by atoms with E-state index in [4.69, 9.17) is 12.2 Å². The number of nitrogens with zero attached hydrogens (tertiary/aromatic N) is 3. The predicted molar refractivity (Wildman–Crippen MR) is 120 cm³/mol. The highest BCUT2D eigenvalue weighted by atomic mass is 32.1. The van der Waals surface area contributed by atoms with Crippen molar-refractivity contribution >= 4 is 17.3 Å². The molecule has 2 fully saturated rings. The third-order valence-corrected chi connectivity index (χ3v) is 6.89. The van der Waals surface area contributed by atoms with Gasteiger partial charge in [-0.3, -0.25) is 4.98 Å². The molecule has 29 heavy (non-hydrogen) atoms. The van der Waals surface area contributed by atoms with Crippen LogP contribution < -0.4 is 5.32 Å². The van der Waals surface area contributed by atoms with Gasteiger partial charge in [-0.2, -0.15) is 0 Å². The average Bonchev–Trinajstić information content (AvgIpc) is 3.23. The van der Waals surface area contributed by atoms with Crippen LogP contribution in [-0.4, -0.2) is 37.8 Å². The Balaban J connectivity index is 1.74. The molecule has 1 saturated carbocycles. The Hall–Kier alpha value is -1.92. The smallest absolute Gasteiger partial charge is 0.170 e. The zero-order valence-corrected chi connectivity index (χ0v) is 18.3. The Kier molecular flexibility index (Phi) is 6.20. The number of rotatable bonds is 6. The van der Waals surface area contributed by atoms with E-state index in [1.165, 1.54) is 49.1 Å². The first kappa shape index (κ1) is 20.4. The van der Waals surface area contributed by atoms with Crippen molar-refractivity contribution in [3.8, 4) is 0 Å². The highest BCUT2D eigenvalue weighted by Gasteiger charge is 2.41. The number of aliphatic hydroxyl groups excluding tert-OH is 1. The lowest BCUT2D eigenvalue weighted by molar-refractivity contribution is 0.247. The van der Waals surface area contributed by atoms with E-state index < -0.39 is 0 Å². The SMILES string of the molecule is Cc1cc(C2C(c3ccccn3)NC(=S)N2CCCO)c(C)n1C1CCCCC1. The van der Waals surface area contributed by atoms with Gasteiger partial charge in [-0.15, -0.1) is 0 Å². The van der Waals surface area contributed by atoms with E-state index in [0.29, 0.717) is 12.5 Å². The fraction of sp³-hybridized carbons (Fsp3) is 0.565. The van der Waals surface area contributed by atoms with Crippen molar-refractivity contribution in [2.45, 2.75) is 70.5 Å². The van der Waals surface area contributed by atoms with Crippen LogP contribution >= 0.6 is 12.2 Å². The number of aromatic nitrogens is 2. The molecular weight excluding hydrogens is 380 g/mol. The summed E-state index contributed by atoms with van der Waals surface area (Å²) in [4.78, 5) is 6.88. The molecule has 0 amide bonds. The van der Waals surface area contributed by atoms with Crippen LogP contribution in [0.25, 0.3) is 0 Å². The number of aryl methyl sites for hydroxylation is 1. The van der Waals surface area contributed by atoms with Crippen LogP contribution in [0, 0.1) is 13.8 Å². The summed E-state index contributed by atoms with van der Waals surface area (Å²) < 4.78 is 2.57. The highest BCUT2D eigenvalue weighted by Crippen LogP contribution is 2.42. The van der Waals surface area contributed by atoms with Gasteiger partial charge in [0.05, 0.1) is 17.8 Å². The molecule has 1 aliphatic carbocycles. The Bertz CT molecular complexity index is 844. The van der Waals surface area contributed by atoms with E-state index in [1.807, 2.05) is 18.3 Å². The van der Waals surface area contributed by atoms with E-state index in [2.05, 4.69) is 45.7 Å². The van der Waals surface area contributed by atoms with Gasteiger partial charge in [0.25, 0.3) is 0 Å². The minimum atomic E-state index is 0.0164. The van der Waals surface area contributed by atoms with Crippen LogP contribution in [0.2, 0.25) is 0 Å². The summed E-state index contributed by atoms with van der Waals surface area (Å²) in [5, 5.41) is 13.7. The second-order valence-electron chi connectivity index (χ2n) is 8.39. The third-order valence-electron chi connectivity index (χ3n) is 6.54. The minimum Gasteiger partial charge on any atom is -0.396 e. The number of hydrogen-bond donors (Lipinski definition) is 2. The van der Waals surface area contributed by atoms with E-state index >= 15 is 0 Å². The van der Waals surface area contributed by atoms with Gasteiger partial charge >= 0.3 is 0 Å². The topological polar surface area (TPSA) is 53.3 Å². The number of pyridine rings is 1. The quantitative estimate of drug-likeness (QED) is 0.691. The molecule has 0 bridgehead atoms. The highest BCUT2D eigenvalue weighted by molar-refractivity contribution is 7.80. The first-order valence-corrected chi connectivity index (χ1v) is 11.3. The first-order chi connectivity index (χ1) is 14.1. The van der Waals surface area contributed by atoms with Gasteiger partial charge in [-0.05, 0) is 69.1 Å². The van der Waals surface area contributed by atoms with Gasteiger partial charge in [0.1, 0.15) is 0 Å². The van der Waals surface area contributed by atoms with Crippen LogP contribution in [0.1, 0.15) is 79.3 Å². The van der Waals surface area contributed by atoms with Crippen LogP contribution in [0.4, 0.5) is 0 Å². The third kappa shape index (κ3) is 3.92. The van der Waals surface area contributed by atoms with Crippen LogP contribution in [0.15, 0.2) is 30.5 Å². The van der Waals surface area contributed by atoms with Crippen LogP contribution in [0.5, 0.6) is 0 Å². The van der Waals surface area contributed by atoms with Gasteiger partial charge in [-0.1, -0.05) is 25.3 Å². The zero-order valence-electron chi connectivity index (χ0n) is 17.5. The Morgan fingerprint density at radius 2 is 2.00 bits per heavy atom. The molecule has 2 aliphatic rings. The molecular formula is C23H32N4OS. The molecule has 1 saturated heterocycles. The van der Waals surface area contributed by atoms with Gasteiger partial charge in [-0.25, -0.2) is 0 Å². The van der Waals surface area contributed by atoms with Crippen molar-refractivity contribution in [3.05, 3.63) is 53.1 Å². The van der Waals surface area contributed by atoms with Crippen molar-refractivity contribution in [3.63, 3.8) is 0 Å². The standard InChI is InChI=1S/C23H32N4OS/c1-16-15-19(17(2)27(16)18-9-4-3-5-10-18)22-21(20-11-6-7-12-24-20)25-23(29)26(22)13-8-14-28/h6-7,11-12,15,18,21-22,28H,3-5,8-10,13-14H2,1-2H3,(H,25,29). The maximum Gasteiger partial charge on any atom is 0.170 e.